The number of ether oxygens (including phenoxy) is 1. The molecule has 0 aliphatic rings. The molecule has 0 spiro atoms. The van der Waals surface area contributed by atoms with Gasteiger partial charge >= 0.3 is 0 Å². The third-order valence-corrected chi connectivity index (χ3v) is 3.62. The summed E-state index contributed by atoms with van der Waals surface area (Å²) in [6.07, 6.45) is 3.25. The fourth-order valence-corrected chi connectivity index (χ4v) is 2.42. The smallest absolute Gasteiger partial charge is 0.119 e. The van der Waals surface area contributed by atoms with Gasteiger partial charge in [0.1, 0.15) is 5.75 Å². The van der Waals surface area contributed by atoms with E-state index in [0.29, 0.717) is 0 Å². The lowest BCUT2D eigenvalue weighted by atomic mass is 10.1. The Kier molecular flexibility index (Phi) is 6.14. The van der Waals surface area contributed by atoms with Gasteiger partial charge in [0.25, 0.3) is 0 Å². The zero-order valence-corrected chi connectivity index (χ0v) is 13.1. The van der Waals surface area contributed by atoms with Gasteiger partial charge in [0.15, 0.2) is 0 Å². The number of hydrogen-bond acceptors (Lipinski definition) is 2. The lowest BCUT2D eigenvalue weighted by Crippen LogP contribution is -2.07. The second-order valence-corrected chi connectivity index (χ2v) is 5.26. The lowest BCUT2D eigenvalue weighted by molar-refractivity contribution is 0.308. The average Bonchev–Trinajstić information content (AvgIpc) is 2.52. The van der Waals surface area contributed by atoms with Crippen LogP contribution in [-0.4, -0.2) is 13.2 Å². The van der Waals surface area contributed by atoms with Crippen molar-refractivity contribution in [3.8, 4) is 5.75 Å². The van der Waals surface area contributed by atoms with Gasteiger partial charge in [-0.25, -0.2) is 0 Å². The molecule has 0 radical (unpaired) electrons. The van der Waals surface area contributed by atoms with Crippen molar-refractivity contribution in [3.05, 3.63) is 59.7 Å². The molecule has 21 heavy (non-hydrogen) atoms. The van der Waals surface area contributed by atoms with Crippen molar-refractivity contribution in [2.45, 2.75) is 33.1 Å². The number of benzene rings is 2. The summed E-state index contributed by atoms with van der Waals surface area (Å²) in [6.45, 7) is 6.14. The van der Waals surface area contributed by atoms with Crippen LogP contribution in [0.15, 0.2) is 48.5 Å². The third-order valence-electron chi connectivity index (χ3n) is 3.62. The van der Waals surface area contributed by atoms with Crippen LogP contribution >= 0.6 is 0 Å². The van der Waals surface area contributed by atoms with Gasteiger partial charge in [-0.05, 0) is 49.4 Å². The van der Waals surface area contributed by atoms with Gasteiger partial charge in [-0.3, -0.25) is 0 Å². The van der Waals surface area contributed by atoms with Gasteiger partial charge in [0.2, 0.25) is 0 Å². The molecule has 0 aliphatic heterocycles. The third kappa shape index (κ3) is 4.82. The van der Waals surface area contributed by atoms with Gasteiger partial charge < -0.3 is 10.1 Å². The summed E-state index contributed by atoms with van der Waals surface area (Å²) < 4.78 is 5.70. The fourth-order valence-electron chi connectivity index (χ4n) is 2.42. The van der Waals surface area contributed by atoms with Crippen molar-refractivity contribution in [2.75, 3.05) is 18.5 Å². The van der Waals surface area contributed by atoms with E-state index in [1.54, 1.807) is 0 Å². The van der Waals surface area contributed by atoms with E-state index in [0.717, 1.165) is 38.2 Å². The van der Waals surface area contributed by atoms with Gasteiger partial charge in [0, 0.05) is 12.2 Å². The maximum Gasteiger partial charge on any atom is 0.119 e. The fraction of sp³-hybridized carbons (Fsp3) is 0.368. The molecule has 0 aliphatic carbocycles. The van der Waals surface area contributed by atoms with E-state index in [4.69, 9.17) is 4.74 Å². The van der Waals surface area contributed by atoms with Crippen LogP contribution in [0.5, 0.6) is 5.75 Å². The Morgan fingerprint density at radius 3 is 2.52 bits per heavy atom. The van der Waals surface area contributed by atoms with Crippen molar-refractivity contribution < 1.29 is 4.74 Å². The topological polar surface area (TPSA) is 21.3 Å². The maximum absolute atomic E-state index is 5.70. The standard InChI is InChI=1S/C19H25NO/c1-3-17-11-9-10-16(2)19(17)20-14-7-8-15-21-18-12-5-4-6-13-18/h4-6,9-13,20H,3,7-8,14-15H2,1-2H3. The highest BCUT2D eigenvalue weighted by Crippen LogP contribution is 2.21. The second-order valence-electron chi connectivity index (χ2n) is 5.26. The van der Waals surface area contributed by atoms with Crippen molar-refractivity contribution >= 4 is 5.69 Å². The minimum absolute atomic E-state index is 0.778. The summed E-state index contributed by atoms with van der Waals surface area (Å²) in [4.78, 5) is 0. The van der Waals surface area contributed by atoms with Crippen molar-refractivity contribution in [2.24, 2.45) is 0 Å². The monoisotopic (exact) mass is 283 g/mol. The van der Waals surface area contributed by atoms with E-state index >= 15 is 0 Å². The highest BCUT2D eigenvalue weighted by molar-refractivity contribution is 5.57. The molecule has 0 saturated heterocycles. The van der Waals surface area contributed by atoms with E-state index < -0.39 is 0 Å². The van der Waals surface area contributed by atoms with Gasteiger partial charge in [-0.2, -0.15) is 0 Å². The van der Waals surface area contributed by atoms with Crippen LogP contribution in [0.4, 0.5) is 5.69 Å². The molecule has 2 heteroatoms. The molecule has 2 nitrogen and oxygen atoms in total. The summed E-state index contributed by atoms with van der Waals surface area (Å²) in [5, 5.41) is 3.58. The normalized spacial score (nSPS) is 10.4. The first-order valence-corrected chi connectivity index (χ1v) is 7.81. The first-order chi connectivity index (χ1) is 10.3. The van der Waals surface area contributed by atoms with E-state index in [2.05, 4.69) is 37.4 Å². The number of rotatable bonds is 8. The van der Waals surface area contributed by atoms with Crippen LogP contribution in [0.25, 0.3) is 0 Å². The molecule has 0 fully saturated rings. The highest BCUT2D eigenvalue weighted by atomic mass is 16.5. The summed E-state index contributed by atoms with van der Waals surface area (Å²) in [5.41, 5.74) is 4.04. The van der Waals surface area contributed by atoms with Crippen molar-refractivity contribution in [1.82, 2.24) is 0 Å². The van der Waals surface area contributed by atoms with Crippen molar-refractivity contribution in [1.29, 1.82) is 0 Å². The summed E-state index contributed by atoms with van der Waals surface area (Å²) in [7, 11) is 0. The molecular formula is C19H25NO. The molecule has 0 amide bonds. The SMILES string of the molecule is CCc1cccc(C)c1NCCCCOc1ccccc1. The molecule has 2 aromatic carbocycles. The predicted octanol–water partition coefficient (Wildman–Crippen LogP) is 4.83. The first-order valence-electron chi connectivity index (χ1n) is 7.81. The lowest BCUT2D eigenvalue weighted by Gasteiger charge is -2.14. The van der Waals surface area contributed by atoms with Crippen LogP contribution in [0.1, 0.15) is 30.9 Å². The molecule has 0 heterocycles. The van der Waals surface area contributed by atoms with E-state index in [9.17, 15) is 0 Å². The number of anilines is 1. The van der Waals surface area contributed by atoms with Crippen LogP contribution in [-0.2, 0) is 6.42 Å². The highest BCUT2D eigenvalue weighted by Gasteiger charge is 2.02. The molecule has 2 aromatic rings. The van der Waals surface area contributed by atoms with Gasteiger partial charge in [0.05, 0.1) is 6.61 Å². The minimum atomic E-state index is 0.778. The van der Waals surface area contributed by atoms with E-state index in [1.165, 1.54) is 16.8 Å². The van der Waals surface area contributed by atoms with Crippen LogP contribution in [0, 0.1) is 6.92 Å². The Morgan fingerprint density at radius 2 is 1.76 bits per heavy atom. The first kappa shape index (κ1) is 15.4. The Hall–Kier alpha value is -1.96. The number of unbranched alkanes of at least 4 members (excludes halogenated alkanes) is 1. The molecule has 0 unspecified atom stereocenters. The molecule has 0 atom stereocenters. The molecule has 0 bridgehead atoms. The number of aryl methyl sites for hydroxylation is 2. The van der Waals surface area contributed by atoms with Crippen LogP contribution in [0.3, 0.4) is 0 Å². The molecular weight excluding hydrogens is 258 g/mol. The quantitative estimate of drug-likeness (QED) is 0.701. The molecule has 112 valence electrons. The zero-order chi connectivity index (χ0) is 14.9. The second kappa shape index (κ2) is 8.35. The van der Waals surface area contributed by atoms with E-state index in [1.807, 2.05) is 30.3 Å². The van der Waals surface area contributed by atoms with Gasteiger partial charge in [-0.15, -0.1) is 0 Å². The average molecular weight is 283 g/mol. The summed E-state index contributed by atoms with van der Waals surface area (Å²) in [6, 6.07) is 16.5. The molecule has 0 aromatic heterocycles. The number of para-hydroxylation sites is 2. The van der Waals surface area contributed by atoms with Crippen molar-refractivity contribution in [3.63, 3.8) is 0 Å². The summed E-state index contributed by atoms with van der Waals surface area (Å²) >= 11 is 0. The molecule has 1 N–H and O–H groups in total. The number of nitrogens with one attached hydrogen (secondary N) is 1. The van der Waals surface area contributed by atoms with Crippen LogP contribution < -0.4 is 10.1 Å². The molecule has 0 saturated carbocycles. The Morgan fingerprint density at radius 1 is 0.952 bits per heavy atom. The van der Waals surface area contributed by atoms with E-state index in [-0.39, 0.29) is 0 Å². The Bertz CT molecular complexity index is 537. The van der Waals surface area contributed by atoms with Gasteiger partial charge in [-0.1, -0.05) is 43.3 Å². The summed E-state index contributed by atoms with van der Waals surface area (Å²) in [5.74, 6) is 0.956. The Balaban J connectivity index is 1.68. The zero-order valence-electron chi connectivity index (χ0n) is 13.1. The van der Waals surface area contributed by atoms with Crippen LogP contribution in [0.2, 0.25) is 0 Å². The molecule has 2 rings (SSSR count). The minimum Gasteiger partial charge on any atom is -0.494 e. The predicted molar refractivity (Wildman–Crippen MR) is 90.2 cm³/mol. The largest absolute Gasteiger partial charge is 0.494 e. The maximum atomic E-state index is 5.70. The Labute approximate surface area is 128 Å². The number of hydrogen-bond donors (Lipinski definition) is 1.